The standard InChI is InChI=1S/C16H26N6O3S/c1-11(12-13(23)19(3)16(25)20(4)14(12)24)18-5-6-21-7-9-22(10-8-21)15(26)17-2/h23H,5-10H2,1-4H3,(H,17,26). The van der Waals surface area contributed by atoms with Crippen LogP contribution in [0.1, 0.15) is 12.5 Å². The number of nitrogens with one attached hydrogen (secondary N) is 1. The van der Waals surface area contributed by atoms with Crippen molar-refractivity contribution in [1.29, 1.82) is 0 Å². The molecule has 2 rings (SSSR count). The van der Waals surface area contributed by atoms with Gasteiger partial charge in [-0.15, -0.1) is 0 Å². The molecule has 1 aliphatic heterocycles. The van der Waals surface area contributed by atoms with Gasteiger partial charge in [0, 0.05) is 59.6 Å². The molecule has 0 aliphatic carbocycles. The van der Waals surface area contributed by atoms with Crippen LogP contribution in [-0.4, -0.2) is 81.2 Å². The highest BCUT2D eigenvalue weighted by molar-refractivity contribution is 7.80. The third-order valence-corrected chi connectivity index (χ3v) is 5.10. The zero-order valence-electron chi connectivity index (χ0n) is 15.7. The van der Waals surface area contributed by atoms with Crippen LogP contribution in [0.25, 0.3) is 0 Å². The lowest BCUT2D eigenvalue weighted by molar-refractivity contribution is 0.186. The molecule has 0 amide bonds. The van der Waals surface area contributed by atoms with Gasteiger partial charge in [0.25, 0.3) is 5.56 Å². The van der Waals surface area contributed by atoms with Gasteiger partial charge in [-0.05, 0) is 19.1 Å². The predicted octanol–water partition coefficient (Wildman–Crippen LogP) is -1.28. The van der Waals surface area contributed by atoms with Crippen LogP contribution in [0, 0.1) is 0 Å². The molecule has 1 fully saturated rings. The Morgan fingerprint density at radius 3 is 2.38 bits per heavy atom. The van der Waals surface area contributed by atoms with Gasteiger partial charge in [-0.2, -0.15) is 0 Å². The predicted molar refractivity (Wildman–Crippen MR) is 105 cm³/mol. The average molecular weight is 382 g/mol. The van der Waals surface area contributed by atoms with Crippen LogP contribution in [0.2, 0.25) is 0 Å². The van der Waals surface area contributed by atoms with Crippen LogP contribution in [0.4, 0.5) is 0 Å². The molecule has 1 aromatic heterocycles. The molecule has 1 aliphatic rings. The summed E-state index contributed by atoms with van der Waals surface area (Å²) in [5.41, 5.74) is -0.616. The van der Waals surface area contributed by atoms with Crippen LogP contribution < -0.4 is 16.6 Å². The number of thiocarbonyl (C=S) groups is 1. The second kappa shape index (κ2) is 8.45. The van der Waals surface area contributed by atoms with E-state index in [-0.39, 0.29) is 11.4 Å². The van der Waals surface area contributed by atoms with E-state index in [1.54, 1.807) is 6.92 Å². The summed E-state index contributed by atoms with van der Waals surface area (Å²) in [5, 5.41) is 13.9. The topological polar surface area (TPSA) is 95.1 Å². The van der Waals surface area contributed by atoms with Crippen LogP contribution in [-0.2, 0) is 14.1 Å². The Bertz CT molecular complexity index is 820. The molecular weight excluding hydrogens is 356 g/mol. The van der Waals surface area contributed by atoms with E-state index < -0.39 is 11.2 Å². The third-order valence-electron chi connectivity index (χ3n) is 4.63. The second-order valence-corrected chi connectivity index (χ2v) is 6.64. The molecule has 1 aromatic rings. The number of aromatic hydroxyl groups is 1. The fourth-order valence-electron chi connectivity index (χ4n) is 2.92. The molecule has 0 saturated carbocycles. The highest BCUT2D eigenvalue weighted by atomic mass is 32.1. The molecule has 26 heavy (non-hydrogen) atoms. The smallest absolute Gasteiger partial charge is 0.333 e. The van der Waals surface area contributed by atoms with Crippen LogP contribution in [0.15, 0.2) is 14.6 Å². The van der Waals surface area contributed by atoms with E-state index in [9.17, 15) is 14.7 Å². The van der Waals surface area contributed by atoms with Gasteiger partial charge in [-0.3, -0.25) is 23.8 Å². The van der Waals surface area contributed by atoms with Crippen molar-refractivity contribution in [3.63, 3.8) is 0 Å². The molecular formula is C16H26N6O3S. The zero-order valence-corrected chi connectivity index (χ0v) is 16.5. The SMILES string of the molecule is CNC(=S)N1CCN(CCN=C(C)c2c(O)n(C)c(=O)n(C)c2=O)CC1. The lowest BCUT2D eigenvalue weighted by atomic mass is 10.2. The first-order valence-corrected chi connectivity index (χ1v) is 8.88. The van der Waals surface area contributed by atoms with Gasteiger partial charge in [0.15, 0.2) is 5.11 Å². The summed E-state index contributed by atoms with van der Waals surface area (Å²) in [6, 6.07) is 0. The van der Waals surface area contributed by atoms with E-state index in [0.717, 1.165) is 47.0 Å². The summed E-state index contributed by atoms with van der Waals surface area (Å²) in [4.78, 5) is 32.9. The maximum atomic E-state index is 12.3. The molecule has 0 radical (unpaired) electrons. The molecule has 144 valence electrons. The van der Waals surface area contributed by atoms with Gasteiger partial charge in [-0.25, -0.2) is 4.79 Å². The van der Waals surface area contributed by atoms with Crippen molar-refractivity contribution < 1.29 is 5.11 Å². The molecule has 10 heteroatoms. The number of hydrogen-bond donors (Lipinski definition) is 2. The first-order chi connectivity index (χ1) is 12.3. The number of rotatable bonds is 4. The number of hydrogen-bond acceptors (Lipinski definition) is 6. The van der Waals surface area contributed by atoms with Crippen molar-refractivity contribution in [2.24, 2.45) is 19.1 Å². The Morgan fingerprint density at radius 2 is 1.81 bits per heavy atom. The highest BCUT2D eigenvalue weighted by Gasteiger charge is 2.19. The van der Waals surface area contributed by atoms with Gasteiger partial charge in [0.1, 0.15) is 5.56 Å². The van der Waals surface area contributed by atoms with Crippen LogP contribution in [0.5, 0.6) is 5.88 Å². The highest BCUT2D eigenvalue weighted by Crippen LogP contribution is 2.10. The van der Waals surface area contributed by atoms with Crippen molar-refractivity contribution >= 4 is 23.0 Å². The Hall–Kier alpha value is -2.20. The van der Waals surface area contributed by atoms with Crippen LogP contribution in [0.3, 0.4) is 0 Å². The minimum absolute atomic E-state index is 0.0683. The number of piperazine rings is 1. The van der Waals surface area contributed by atoms with Gasteiger partial charge < -0.3 is 15.3 Å². The summed E-state index contributed by atoms with van der Waals surface area (Å²) in [6.45, 7) is 6.45. The van der Waals surface area contributed by atoms with Gasteiger partial charge >= 0.3 is 5.69 Å². The summed E-state index contributed by atoms with van der Waals surface area (Å²) in [5.74, 6) is -0.353. The van der Waals surface area contributed by atoms with Gasteiger partial charge in [-0.1, -0.05) is 0 Å². The number of aliphatic imine (C=N–C) groups is 1. The normalized spacial score (nSPS) is 16.0. The van der Waals surface area contributed by atoms with E-state index in [2.05, 4.69) is 20.1 Å². The quantitative estimate of drug-likeness (QED) is 0.495. The fourth-order valence-corrected chi connectivity index (χ4v) is 3.10. The van der Waals surface area contributed by atoms with Crippen molar-refractivity contribution in [2.45, 2.75) is 6.92 Å². The maximum Gasteiger partial charge on any atom is 0.333 e. The van der Waals surface area contributed by atoms with Gasteiger partial charge in [0.2, 0.25) is 5.88 Å². The Labute approximate surface area is 157 Å². The van der Waals surface area contributed by atoms with Gasteiger partial charge in [0.05, 0.1) is 6.54 Å². The van der Waals surface area contributed by atoms with E-state index in [4.69, 9.17) is 12.2 Å². The summed E-state index contributed by atoms with van der Waals surface area (Å²) in [6.07, 6.45) is 0. The minimum atomic E-state index is -0.568. The van der Waals surface area contributed by atoms with E-state index in [1.165, 1.54) is 14.1 Å². The maximum absolute atomic E-state index is 12.3. The second-order valence-electron chi connectivity index (χ2n) is 6.26. The largest absolute Gasteiger partial charge is 0.494 e. The monoisotopic (exact) mass is 382 g/mol. The molecule has 0 bridgehead atoms. The van der Waals surface area contributed by atoms with E-state index in [1.807, 2.05) is 7.05 Å². The summed E-state index contributed by atoms with van der Waals surface area (Å²) < 4.78 is 2.01. The third kappa shape index (κ3) is 4.13. The lowest BCUT2D eigenvalue weighted by Gasteiger charge is -2.35. The van der Waals surface area contributed by atoms with Crippen molar-refractivity contribution in [1.82, 2.24) is 24.3 Å². The van der Waals surface area contributed by atoms with E-state index in [0.29, 0.717) is 12.3 Å². The summed E-state index contributed by atoms with van der Waals surface area (Å²) >= 11 is 5.24. The van der Waals surface area contributed by atoms with Crippen molar-refractivity contribution in [3.05, 3.63) is 26.4 Å². The Morgan fingerprint density at radius 1 is 1.19 bits per heavy atom. The average Bonchev–Trinajstić information content (AvgIpc) is 2.65. The van der Waals surface area contributed by atoms with Crippen molar-refractivity contribution in [3.8, 4) is 5.88 Å². The molecule has 0 aromatic carbocycles. The zero-order chi connectivity index (χ0) is 19.4. The molecule has 9 nitrogen and oxygen atoms in total. The Balaban J connectivity index is 2.01. The first-order valence-electron chi connectivity index (χ1n) is 8.47. The van der Waals surface area contributed by atoms with Crippen molar-refractivity contribution in [2.75, 3.05) is 46.3 Å². The molecule has 0 atom stereocenters. The molecule has 1 saturated heterocycles. The molecule has 0 spiro atoms. The molecule has 2 heterocycles. The first kappa shape index (κ1) is 20.1. The molecule has 0 unspecified atom stereocenters. The van der Waals surface area contributed by atoms with E-state index >= 15 is 0 Å². The minimum Gasteiger partial charge on any atom is -0.494 e. The Kier molecular flexibility index (Phi) is 6.54. The van der Waals surface area contributed by atoms with Crippen LogP contribution >= 0.6 is 12.2 Å². The number of nitrogens with zero attached hydrogens (tertiary/aromatic N) is 5. The molecule has 2 N–H and O–H groups in total. The lowest BCUT2D eigenvalue weighted by Crippen LogP contribution is -2.51. The number of aromatic nitrogens is 2. The fraction of sp³-hybridized carbons (Fsp3) is 0.625. The summed E-state index contributed by atoms with van der Waals surface area (Å²) in [7, 11) is 4.63.